The zero-order chi connectivity index (χ0) is 23.3. The summed E-state index contributed by atoms with van der Waals surface area (Å²) in [6, 6.07) is 10.1. The number of nitrogens with zero attached hydrogens (tertiary/aromatic N) is 2. The number of nitrogens with one attached hydrogen (secondary N) is 4. The van der Waals surface area contributed by atoms with E-state index in [2.05, 4.69) is 25.3 Å². The van der Waals surface area contributed by atoms with Crippen LogP contribution in [0.4, 0.5) is 21.7 Å². The summed E-state index contributed by atoms with van der Waals surface area (Å²) in [6.07, 6.45) is 0. The van der Waals surface area contributed by atoms with Crippen LogP contribution in [0.3, 0.4) is 0 Å². The Morgan fingerprint density at radius 1 is 1.19 bits per heavy atom. The fraction of sp³-hybridized carbons (Fsp3) is 0.227. The first-order valence-electron chi connectivity index (χ1n) is 9.90. The predicted octanol–water partition coefficient (Wildman–Crippen LogP) is 4.96. The molecule has 1 aromatic heterocycles. The number of rotatable bonds is 9. The molecule has 0 spiro atoms. The molecule has 3 aromatic rings. The SMILES string of the molecule is CNCCNc1nc(-c2ccc(NSc3cc(Cl)ccc3F)cc2C)nc(N)c1C(C)=N. The maximum atomic E-state index is 13.9. The third-order valence-electron chi connectivity index (χ3n) is 4.62. The number of hydrogen-bond acceptors (Lipinski definition) is 8. The Kier molecular flexibility index (Phi) is 7.89. The minimum Gasteiger partial charge on any atom is -0.383 e. The molecular formula is C22H25ClFN7S. The van der Waals surface area contributed by atoms with Gasteiger partial charge in [-0.3, -0.25) is 0 Å². The molecule has 0 radical (unpaired) electrons. The Balaban J connectivity index is 1.86. The van der Waals surface area contributed by atoms with Crippen LogP contribution in [0.2, 0.25) is 5.02 Å². The van der Waals surface area contributed by atoms with Gasteiger partial charge in [0.15, 0.2) is 5.82 Å². The molecule has 1 heterocycles. The molecule has 0 saturated heterocycles. The van der Waals surface area contributed by atoms with Crippen molar-refractivity contribution in [1.29, 1.82) is 5.41 Å². The Morgan fingerprint density at radius 3 is 2.66 bits per heavy atom. The molecule has 0 amide bonds. The van der Waals surface area contributed by atoms with Gasteiger partial charge >= 0.3 is 0 Å². The predicted molar refractivity (Wildman–Crippen MR) is 132 cm³/mol. The normalized spacial score (nSPS) is 10.8. The summed E-state index contributed by atoms with van der Waals surface area (Å²) in [5.74, 6) is 0.910. The smallest absolute Gasteiger partial charge is 0.164 e. The molecule has 0 aliphatic carbocycles. The third-order valence-corrected chi connectivity index (χ3v) is 5.72. The number of halogens is 2. The summed E-state index contributed by atoms with van der Waals surface area (Å²) < 4.78 is 17.1. The van der Waals surface area contributed by atoms with Crippen molar-refractivity contribution >= 4 is 46.6 Å². The largest absolute Gasteiger partial charge is 0.383 e. The summed E-state index contributed by atoms with van der Waals surface area (Å²) in [5, 5.41) is 14.8. The van der Waals surface area contributed by atoms with Gasteiger partial charge in [-0.25, -0.2) is 14.4 Å². The fourth-order valence-corrected chi connectivity index (χ4v) is 3.99. The minimum atomic E-state index is -0.344. The molecule has 32 heavy (non-hydrogen) atoms. The Bertz CT molecular complexity index is 1140. The summed E-state index contributed by atoms with van der Waals surface area (Å²) in [4.78, 5) is 9.49. The van der Waals surface area contributed by atoms with Crippen molar-refractivity contribution in [2.75, 3.05) is 35.9 Å². The average Bonchev–Trinajstić information content (AvgIpc) is 2.74. The van der Waals surface area contributed by atoms with Gasteiger partial charge in [0.25, 0.3) is 0 Å². The average molecular weight is 474 g/mol. The molecule has 6 N–H and O–H groups in total. The van der Waals surface area contributed by atoms with Gasteiger partial charge < -0.3 is 26.5 Å². The molecule has 3 rings (SSSR count). The standard InChI is InChI=1S/C22H25ClFN7S/c1-12-10-15(31-32-18-11-14(23)4-7-17(18)24)5-6-16(12)21-29-20(26)19(13(2)25)22(30-21)28-9-8-27-3/h4-7,10-11,25,27,31H,8-9H2,1-3H3,(H3,26,28,29,30). The van der Waals surface area contributed by atoms with Crippen molar-refractivity contribution in [2.45, 2.75) is 18.7 Å². The number of hydrogen-bond donors (Lipinski definition) is 5. The van der Waals surface area contributed by atoms with Crippen LogP contribution in [0.5, 0.6) is 0 Å². The Hall–Kier alpha value is -2.88. The van der Waals surface area contributed by atoms with E-state index in [-0.39, 0.29) is 11.6 Å². The topological polar surface area (TPSA) is 112 Å². The van der Waals surface area contributed by atoms with Crippen LogP contribution in [-0.4, -0.2) is 35.8 Å². The lowest BCUT2D eigenvalue weighted by Crippen LogP contribution is -2.20. The van der Waals surface area contributed by atoms with E-state index in [0.29, 0.717) is 39.4 Å². The van der Waals surface area contributed by atoms with E-state index in [4.69, 9.17) is 22.7 Å². The second-order valence-electron chi connectivity index (χ2n) is 7.12. The van der Waals surface area contributed by atoms with Crippen molar-refractivity contribution in [3.05, 3.63) is 58.4 Å². The fourth-order valence-electron chi connectivity index (χ4n) is 3.05. The number of anilines is 3. The van der Waals surface area contributed by atoms with E-state index >= 15 is 0 Å². The first-order chi connectivity index (χ1) is 15.3. The maximum absolute atomic E-state index is 13.9. The van der Waals surface area contributed by atoms with Gasteiger partial charge in [0.05, 0.1) is 10.5 Å². The highest BCUT2D eigenvalue weighted by atomic mass is 35.5. The van der Waals surface area contributed by atoms with E-state index in [1.165, 1.54) is 12.1 Å². The first-order valence-corrected chi connectivity index (χ1v) is 11.1. The van der Waals surface area contributed by atoms with E-state index in [0.717, 1.165) is 35.3 Å². The van der Waals surface area contributed by atoms with Crippen LogP contribution in [0.1, 0.15) is 18.1 Å². The first kappa shape index (κ1) is 23.8. The number of nitrogens with two attached hydrogens (primary N) is 1. The Morgan fingerprint density at radius 2 is 1.97 bits per heavy atom. The summed E-state index contributed by atoms with van der Waals surface area (Å²) in [7, 11) is 1.86. The van der Waals surface area contributed by atoms with Crippen LogP contribution >= 0.6 is 23.5 Å². The van der Waals surface area contributed by atoms with Crippen LogP contribution in [0, 0.1) is 18.2 Å². The van der Waals surface area contributed by atoms with E-state index < -0.39 is 0 Å². The number of aryl methyl sites for hydroxylation is 1. The summed E-state index contributed by atoms with van der Waals surface area (Å²) >= 11 is 7.10. The van der Waals surface area contributed by atoms with Gasteiger partial charge in [-0.15, -0.1) is 0 Å². The summed E-state index contributed by atoms with van der Waals surface area (Å²) in [5.41, 5.74) is 9.49. The van der Waals surface area contributed by atoms with E-state index in [1.54, 1.807) is 13.0 Å². The molecule has 0 fully saturated rings. The highest BCUT2D eigenvalue weighted by Gasteiger charge is 2.16. The number of likely N-dealkylation sites (N-methyl/N-ethyl adjacent to an activating group) is 1. The van der Waals surface area contributed by atoms with Crippen LogP contribution in [-0.2, 0) is 0 Å². The molecule has 0 atom stereocenters. The van der Waals surface area contributed by atoms with E-state index in [9.17, 15) is 4.39 Å². The van der Waals surface area contributed by atoms with Crippen LogP contribution < -0.4 is 21.1 Å². The van der Waals surface area contributed by atoms with Crippen molar-refractivity contribution in [1.82, 2.24) is 15.3 Å². The second-order valence-corrected chi connectivity index (χ2v) is 8.40. The molecule has 10 heteroatoms. The molecule has 168 valence electrons. The van der Waals surface area contributed by atoms with Crippen molar-refractivity contribution in [3.63, 3.8) is 0 Å². The maximum Gasteiger partial charge on any atom is 0.164 e. The Labute approximate surface area is 196 Å². The molecule has 0 unspecified atom stereocenters. The van der Waals surface area contributed by atoms with Gasteiger partial charge in [0, 0.05) is 35.1 Å². The zero-order valence-electron chi connectivity index (χ0n) is 18.0. The van der Waals surface area contributed by atoms with Crippen LogP contribution in [0.25, 0.3) is 11.4 Å². The molecule has 7 nitrogen and oxygen atoms in total. The molecular weight excluding hydrogens is 449 g/mol. The number of aromatic nitrogens is 2. The van der Waals surface area contributed by atoms with Crippen molar-refractivity contribution in [3.8, 4) is 11.4 Å². The highest BCUT2D eigenvalue weighted by Crippen LogP contribution is 2.31. The molecule has 0 bridgehead atoms. The quantitative estimate of drug-likeness (QED) is 0.169. The second kappa shape index (κ2) is 10.6. The van der Waals surface area contributed by atoms with Crippen molar-refractivity contribution < 1.29 is 4.39 Å². The summed E-state index contributed by atoms with van der Waals surface area (Å²) in [6.45, 7) is 4.96. The van der Waals surface area contributed by atoms with Gasteiger partial charge in [0.1, 0.15) is 17.5 Å². The van der Waals surface area contributed by atoms with Gasteiger partial charge in [-0.1, -0.05) is 11.6 Å². The van der Waals surface area contributed by atoms with E-state index in [1.807, 2.05) is 32.2 Å². The third kappa shape index (κ3) is 5.67. The molecule has 0 aliphatic rings. The minimum absolute atomic E-state index is 0.253. The zero-order valence-corrected chi connectivity index (χ0v) is 19.6. The lowest BCUT2D eigenvalue weighted by Gasteiger charge is -2.15. The monoisotopic (exact) mass is 473 g/mol. The number of nitrogen functional groups attached to an aromatic ring is 1. The van der Waals surface area contributed by atoms with Crippen LogP contribution in [0.15, 0.2) is 41.3 Å². The molecule has 0 aliphatic heterocycles. The molecule has 2 aromatic carbocycles. The van der Waals surface area contributed by atoms with Gasteiger partial charge in [0.2, 0.25) is 0 Å². The van der Waals surface area contributed by atoms with Crippen molar-refractivity contribution in [2.24, 2.45) is 0 Å². The molecule has 0 saturated carbocycles. The van der Waals surface area contributed by atoms with Gasteiger partial charge in [-0.05, 0) is 74.8 Å². The highest BCUT2D eigenvalue weighted by molar-refractivity contribution is 8.00. The lowest BCUT2D eigenvalue weighted by molar-refractivity contribution is 0.602. The van der Waals surface area contributed by atoms with Gasteiger partial charge in [-0.2, -0.15) is 0 Å². The number of benzene rings is 2. The lowest BCUT2D eigenvalue weighted by atomic mass is 10.1.